The Hall–Kier alpha value is -2.30. The molecular formula is C16H18N4O4S2. The summed E-state index contributed by atoms with van der Waals surface area (Å²) in [7, 11) is -3.58. The summed E-state index contributed by atoms with van der Waals surface area (Å²) in [6, 6.07) is 6.42. The van der Waals surface area contributed by atoms with Crippen LogP contribution in [0.4, 0.5) is 0 Å². The predicted octanol–water partition coefficient (Wildman–Crippen LogP) is 1.00. The van der Waals surface area contributed by atoms with E-state index in [1.807, 2.05) is 0 Å². The van der Waals surface area contributed by atoms with Gasteiger partial charge < -0.3 is 0 Å². The highest BCUT2D eigenvalue weighted by atomic mass is 32.2. The van der Waals surface area contributed by atoms with E-state index in [1.165, 1.54) is 10.5 Å². The van der Waals surface area contributed by atoms with E-state index in [9.17, 15) is 18.0 Å². The molecule has 0 aliphatic carbocycles. The average molecular weight is 394 g/mol. The fourth-order valence-corrected chi connectivity index (χ4v) is 5.37. The molecule has 2 N–H and O–H groups in total. The average Bonchev–Trinajstić information content (AvgIpc) is 3.22. The quantitative estimate of drug-likeness (QED) is 0.752. The van der Waals surface area contributed by atoms with Crippen molar-refractivity contribution in [1.82, 2.24) is 20.1 Å². The van der Waals surface area contributed by atoms with Gasteiger partial charge in [-0.05, 0) is 36.4 Å². The summed E-state index contributed by atoms with van der Waals surface area (Å²) in [5.41, 5.74) is 5.02. The molecule has 0 aromatic carbocycles. The number of piperidine rings is 1. The molecule has 1 aliphatic rings. The molecule has 2 amide bonds. The largest absolute Gasteiger partial charge is 0.273 e. The maximum absolute atomic E-state index is 12.6. The Labute approximate surface area is 155 Å². The van der Waals surface area contributed by atoms with Gasteiger partial charge in [0.25, 0.3) is 15.9 Å². The van der Waals surface area contributed by atoms with E-state index in [-0.39, 0.29) is 10.8 Å². The summed E-state index contributed by atoms with van der Waals surface area (Å²) >= 11 is 1.15. The van der Waals surface area contributed by atoms with Gasteiger partial charge in [-0.2, -0.15) is 4.31 Å². The molecule has 2 aromatic heterocycles. The third-order valence-corrected chi connectivity index (χ3v) is 7.31. The summed E-state index contributed by atoms with van der Waals surface area (Å²) in [6.07, 6.45) is 4.07. The first kappa shape index (κ1) is 18.5. The molecule has 1 atom stereocenters. The molecule has 10 heteroatoms. The molecule has 3 rings (SSSR count). The van der Waals surface area contributed by atoms with Crippen molar-refractivity contribution in [3.05, 3.63) is 47.6 Å². The van der Waals surface area contributed by atoms with Gasteiger partial charge in [-0.1, -0.05) is 6.07 Å². The minimum Gasteiger partial charge on any atom is -0.273 e. The van der Waals surface area contributed by atoms with Gasteiger partial charge in [0.05, 0.1) is 11.5 Å². The van der Waals surface area contributed by atoms with Crippen LogP contribution in [0.2, 0.25) is 0 Å². The summed E-state index contributed by atoms with van der Waals surface area (Å²) in [6.45, 7) is 0.473. The number of pyridine rings is 1. The number of carbonyl (C=O) groups excluding carboxylic acids is 2. The lowest BCUT2D eigenvalue weighted by Gasteiger charge is -2.30. The molecule has 3 heterocycles. The minimum atomic E-state index is -3.58. The second-order valence-corrected chi connectivity index (χ2v) is 8.93. The molecule has 1 fully saturated rings. The van der Waals surface area contributed by atoms with Crippen molar-refractivity contribution in [2.45, 2.75) is 17.1 Å². The van der Waals surface area contributed by atoms with Crippen molar-refractivity contribution >= 4 is 33.2 Å². The van der Waals surface area contributed by atoms with Gasteiger partial charge in [0.15, 0.2) is 0 Å². The van der Waals surface area contributed by atoms with Crippen molar-refractivity contribution in [2.75, 3.05) is 13.1 Å². The second-order valence-electron chi connectivity index (χ2n) is 5.82. The van der Waals surface area contributed by atoms with E-state index in [0.717, 1.165) is 11.3 Å². The van der Waals surface area contributed by atoms with Gasteiger partial charge in [0.1, 0.15) is 4.21 Å². The van der Waals surface area contributed by atoms with Gasteiger partial charge in [-0.15, -0.1) is 11.3 Å². The fourth-order valence-electron chi connectivity index (χ4n) is 2.70. The lowest BCUT2D eigenvalue weighted by atomic mass is 9.99. The zero-order chi connectivity index (χ0) is 18.6. The molecule has 26 heavy (non-hydrogen) atoms. The Morgan fingerprint density at radius 3 is 2.77 bits per heavy atom. The first-order valence-electron chi connectivity index (χ1n) is 8.02. The lowest BCUT2D eigenvalue weighted by molar-refractivity contribution is -0.126. The highest BCUT2D eigenvalue weighted by Crippen LogP contribution is 2.26. The zero-order valence-corrected chi connectivity index (χ0v) is 15.4. The minimum absolute atomic E-state index is 0.0921. The van der Waals surface area contributed by atoms with Crippen LogP contribution in [0.1, 0.15) is 23.2 Å². The SMILES string of the molecule is O=C(NNC(=O)C1CCCN(S(=O)(=O)c2cccs2)C1)c1cccnc1. The van der Waals surface area contributed by atoms with Crippen LogP contribution in [0, 0.1) is 5.92 Å². The third-order valence-electron chi connectivity index (χ3n) is 4.07. The number of sulfonamides is 1. The van der Waals surface area contributed by atoms with E-state index in [1.54, 1.807) is 35.8 Å². The number of nitrogens with zero attached hydrogens (tertiary/aromatic N) is 2. The Bertz CT molecular complexity index is 869. The van der Waals surface area contributed by atoms with Crippen molar-refractivity contribution in [3.63, 3.8) is 0 Å². The van der Waals surface area contributed by atoms with E-state index in [0.29, 0.717) is 24.9 Å². The molecule has 1 aliphatic heterocycles. The number of carbonyl (C=O) groups is 2. The molecule has 0 saturated carbocycles. The van der Waals surface area contributed by atoms with Crippen molar-refractivity contribution in [2.24, 2.45) is 5.92 Å². The maximum Gasteiger partial charge on any atom is 0.271 e. The summed E-state index contributed by atoms with van der Waals surface area (Å²) in [5.74, 6) is -1.41. The van der Waals surface area contributed by atoms with Crippen LogP contribution in [0.15, 0.2) is 46.2 Å². The highest BCUT2D eigenvalue weighted by Gasteiger charge is 2.33. The summed E-state index contributed by atoms with van der Waals surface area (Å²) in [5, 5.41) is 1.70. The molecule has 1 unspecified atom stereocenters. The number of aromatic nitrogens is 1. The lowest BCUT2D eigenvalue weighted by Crippen LogP contribution is -2.49. The standard InChI is InChI=1S/C16H18N4O4S2/c21-15(12-4-1-7-17-10-12)18-19-16(22)13-5-2-8-20(11-13)26(23,24)14-6-3-9-25-14/h1,3-4,6-7,9-10,13H,2,5,8,11H2,(H,18,21)(H,19,22). The molecule has 138 valence electrons. The van der Waals surface area contributed by atoms with E-state index < -0.39 is 27.8 Å². The number of hydrazine groups is 1. The third kappa shape index (κ3) is 4.09. The van der Waals surface area contributed by atoms with Crippen LogP contribution in [-0.2, 0) is 14.8 Å². The molecule has 0 bridgehead atoms. The van der Waals surface area contributed by atoms with E-state index in [2.05, 4.69) is 15.8 Å². The second kappa shape index (κ2) is 7.94. The number of rotatable bonds is 4. The van der Waals surface area contributed by atoms with E-state index >= 15 is 0 Å². The van der Waals surface area contributed by atoms with Gasteiger partial charge in [0.2, 0.25) is 5.91 Å². The monoisotopic (exact) mass is 394 g/mol. The van der Waals surface area contributed by atoms with Gasteiger partial charge in [0, 0.05) is 25.5 Å². The van der Waals surface area contributed by atoms with Gasteiger partial charge >= 0.3 is 0 Å². The predicted molar refractivity (Wildman–Crippen MR) is 95.6 cm³/mol. The molecule has 2 aromatic rings. The zero-order valence-electron chi connectivity index (χ0n) is 13.8. The number of hydrogen-bond donors (Lipinski definition) is 2. The summed E-state index contributed by atoms with van der Waals surface area (Å²) < 4.78 is 26.8. The van der Waals surface area contributed by atoms with Gasteiger partial charge in [-0.3, -0.25) is 25.4 Å². The molecule has 0 radical (unpaired) electrons. The van der Waals surface area contributed by atoms with Crippen LogP contribution in [0.25, 0.3) is 0 Å². The molecule has 0 spiro atoms. The van der Waals surface area contributed by atoms with Crippen LogP contribution < -0.4 is 10.9 Å². The van der Waals surface area contributed by atoms with Crippen molar-refractivity contribution < 1.29 is 18.0 Å². The fraction of sp³-hybridized carbons (Fsp3) is 0.312. The Balaban J connectivity index is 1.59. The van der Waals surface area contributed by atoms with Crippen LogP contribution in [0.5, 0.6) is 0 Å². The normalized spacial score (nSPS) is 18.2. The van der Waals surface area contributed by atoms with Gasteiger partial charge in [-0.25, -0.2) is 8.42 Å². The summed E-state index contributed by atoms with van der Waals surface area (Å²) in [4.78, 5) is 28.1. The number of nitrogens with one attached hydrogen (secondary N) is 2. The van der Waals surface area contributed by atoms with Crippen molar-refractivity contribution in [1.29, 1.82) is 0 Å². The topological polar surface area (TPSA) is 108 Å². The molecule has 1 saturated heterocycles. The number of hydrogen-bond acceptors (Lipinski definition) is 6. The van der Waals surface area contributed by atoms with Crippen LogP contribution >= 0.6 is 11.3 Å². The first-order chi connectivity index (χ1) is 12.5. The van der Waals surface area contributed by atoms with Crippen molar-refractivity contribution in [3.8, 4) is 0 Å². The molecule has 8 nitrogen and oxygen atoms in total. The number of amides is 2. The Morgan fingerprint density at radius 1 is 1.23 bits per heavy atom. The Morgan fingerprint density at radius 2 is 2.08 bits per heavy atom. The maximum atomic E-state index is 12.6. The first-order valence-corrected chi connectivity index (χ1v) is 10.3. The van der Waals surface area contributed by atoms with Crippen LogP contribution in [0.3, 0.4) is 0 Å². The molecular weight excluding hydrogens is 376 g/mol. The van der Waals surface area contributed by atoms with Crippen LogP contribution in [-0.4, -0.2) is 42.6 Å². The highest BCUT2D eigenvalue weighted by molar-refractivity contribution is 7.91. The Kier molecular flexibility index (Phi) is 5.64. The smallest absolute Gasteiger partial charge is 0.271 e. The van der Waals surface area contributed by atoms with E-state index in [4.69, 9.17) is 0 Å². The number of thiophene rings is 1.